The second-order valence-electron chi connectivity index (χ2n) is 8.46. The Morgan fingerprint density at radius 2 is 1.76 bits per heavy atom. The molecule has 0 N–H and O–H groups in total. The van der Waals surface area contributed by atoms with Gasteiger partial charge in [-0.15, -0.1) is 0 Å². The fourth-order valence-electron chi connectivity index (χ4n) is 4.76. The van der Waals surface area contributed by atoms with E-state index >= 15 is 0 Å². The van der Waals surface area contributed by atoms with Crippen LogP contribution in [0, 0.1) is 0 Å². The molecular formula is C30H23N3O. The van der Waals surface area contributed by atoms with Gasteiger partial charge >= 0.3 is 0 Å². The van der Waals surface area contributed by atoms with Gasteiger partial charge in [0.1, 0.15) is 5.58 Å². The minimum atomic E-state index is 0.116. The Labute approximate surface area is 197 Å². The second kappa shape index (κ2) is 8.49. The largest absolute Gasteiger partial charge is 0.464 e. The average Bonchev–Trinajstić information content (AvgIpc) is 3.50. The summed E-state index contributed by atoms with van der Waals surface area (Å²) in [5, 5.41) is 3.40. The van der Waals surface area contributed by atoms with Crippen molar-refractivity contribution in [3.8, 4) is 0 Å². The van der Waals surface area contributed by atoms with Crippen molar-refractivity contribution in [2.45, 2.75) is 12.3 Å². The topological polar surface area (TPSA) is 43.9 Å². The van der Waals surface area contributed by atoms with Crippen LogP contribution in [0.25, 0.3) is 44.5 Å². The molecule has 0 fully saturated rings. The summed E-state index contributed by atoms with van der Waals surface area (Å²) < 4.78 is 8.17. The van der Waals surface area contributed by atoms with Crippen molar-refractivity contribution in [1.82, 2.24) is 14.5 Å². The number of allylic oxidation sites excluding steroid dienone is 2. The van der Waals surface area contributed by atoms with Gasteiger partial charge in [-0.3, -0.25) is 9.97 Å². The van der Waals surface area contributed by atoms with Crippen molar-refractivity contribution < 1.29 is 4.42 Å². The number of hydrogen-bond donors (Lipinski definition) is 0. The van der Waals surface area contributed by atoms with E-state index in [4.69, 9.17) is 4.42 Å². The quantitative estimate of drug-likeness (QED) is 0.266. The lowest BCUT2D eigenvalue weighted by atomic mass is 9.94. The summed E-state index contributed by atoms with van der Waals surface area (Å²) in [5.74, 6) is 0.116. The first-order chi connectivity index (χ1) is 16.8. The molecular weight excluding hydrogens is 418 g/mol. The van der Waals surface area contributed by atoms with Crippen LogP contribution in [0.3, 0.4) is 0 Å². The number of pyridine rings is 2. The molecule has 2 aromatic carbocycles. The molecule has 4 aromatic heterocycles. The Morgan fingerprint density at radius 3 is 2.59 bits per heavy atom. The van der Waals surface area contributed by atoms with Crippen molar-refractivity contribution in [3.63, 3.8) is 0 Å². The van der Waals surface area contributed by atoms with E-state index < -0.39 is 0 Å². The van der Waals surface area contributed by atoms with Crippen molar-refractivity contribution in [2.75, 3.05) is 0 Å². The summed E-state index contributed by atoms with van der Waals surface area (Å²) in [6.45, 7) is 4.55. The molecule has 0 amide bonds. The molecule has 0 radical (unpaired) electrons. The number of para-hydroxylation sites is 1. The SMILES string of the molecule is C=C(CC(/C=C/c1cccnc1)c1cccnc1)n1c2ccccc2c2c3occc3ccc21. The molecule has 4 heterocycles. The first-order valence-corrected chi connectivity index (χ1v) is 11.4. The fraction of sp³-hybridized carbons (Fsp3) is 0.0667. The van der Waals surface area contributed by atoms with E-state index in [-0.39, 0.29) is 5.92 Å². The minimum absolute atomic E-state index is 0.116. The van der Waals surface area contributed by atoms with Crippen LogP contribution in [0.15, 0.2) is 115 Å². The average molecular weight is 442 g/mol. The number of nitrogens with zero attached hydrogens (tertiary/aromatic N) is 3. The zero-order chi connectivity index (χ0) is 22.9. The maximum atomic E-state index is 5.90. The summed E-state index contributed by atoms with van der Waals surface area (Å²) in [7, 11) is 0. The van der Waals surface area contributed by atoms with Gasteiger partial charge in [-0.05, 0) is 53.9 Å². The highest BCUT2D eigenvalue weighted by molar-refractivity contribution is 6.19. The standard InChI is InChI=1S/C30H23N3O/c1-21(18-24(25-7-5-16-32-20-25)11-10-22-6-4-15-31-19-22)33-27-9-3-2-8-26(27)29-28(33)13-12-23-14-17-34-30(23)29/h2-17,19-20,24H,1,18H2/b11-10+. The molecule has 6 rings (SSSR count). The van der Waals surface area contributed by atoms with Crippen molar-refractivity contribution in [1.29, 1.82) is 0 Å². The fourth-order valence-corrected chi connectivity index (χ4v) is 4.76. The minimum Gasteiger partial charge on any atom is -0.464 e. The molecule has 164 valence electrons. The Hall–Kier alpha value is -4.44. The molecule has 0 bridgehead atoms. The van der Waals surface area contributed by atoms with Crippen LogP contribution in [-0.2, 0) is 0 Å². The smallest absolute Gasteiger partial charge is 0.143 e. The monoisotopic (exact) mass is 441 g/mol. The number of rotatable bonds is 6. The molecule has 0 aliphatic rings. The molecule has 1 unspecified atom stereocenters. The third-order valence-electron chi connectivity index (χ3n) is 6.34. The predicted octanol–water partition coefficient (Wildman–Crippen LogP) is 7.69. The van der Waals surface area contributed by atoms with Crippen LogP contribution in [0.2, 0.25) is 0 Å². The number of aromatic nitrogens is 3. The third kappa shape index (κ3) is 3.50. The van der Waals surface area contributed by atoms with Crippen LogP contribution in [-0.4, -0.2) is 14.5 Å². The highest BCUT2D eigenvalue weighted by Crippen LogP contribution is 2.38. The number of furan rings is 1. The first kappa shape index (κ1) is 20.2. The Balaban J connectivity index is 1.46. The van der Waals surface area contributed by atoms with E-state index in [2.05, 4.69) is 81.8 Å². The van der Waals surface area contributed by atoms with E-state index in [9.17, 15) is 0 Å². The van der Waals surface area contributed by atoms with Gasteiger partial charge in [-0.25, -0.2) is 0 Å². The summed E-state index contributed by atoms with van der Waals surface area (Å²) in [4.78, 5) is 8.60. The van der Waals surface area contributed by atoms with E-state index in [1.807, 2.05) is 36.8 Å². The van der Waals surface area contributed by atoms with Gasteiger partial charge in [0, 0.05) is 47.2 Å². The Bertz CT molecular complexity index is 1640. The van der Waals surface area contributed by atoms with Crippen molar-refractivity contribution >= 4 is 44.5 Å². The maximum Gasteiger partial charge on any atom is 0.143 e. The van der Waals surface area contributed by atoms with Crippen LogP contribution < -0.4 is 0 Å². The predicted molar refractivity (Wildman–Crippen MR) is 139 cm³/mol. The van der Waals surface area contributed by atoms with Gasteiger partial charge in [0.15, 0.2) is 0 Å². The second-order valence-corrected chi connectivity index (χ2v) is 8.46. The van der Waals surface area contributed by atoms with Crippen LogP contribution in [0.4, 0.5) is 0 Å². The number of fused-ring (bicyclic) bond motifs is 5. The molecule has 0 saturated carbocycles. The molecule has 0 spiro atoms. The van der Waals surface area contributed by atoms with Crippen LogP contribution in [0.1, 0.15) is 23.5 Å². The number of benzene rings is 2. The molecule has 0 saturated heterocycles. The van der Waals surface area contributed by atoms with Gasteiger partial charge in [-0.1, -0.05) is 49.1 Å². The summed E-state index contributed by atoms with van der Waals surface area (Å²) in [5.41, 5.74) is 6.39. The van der Waals surface area contributed by atoms with E-state index in [0.717, 1.165) is 50.6 Å². The van der Waals surface area contributed by atoms with Crippen molar-refractivity contribution in [3.05, 3.63) is 122 Å². The Morgan fingerprint density at radius 1 is 0.912 bits per heavy atom. The zero-order valence-electron chi connectivity index (χ0n) is 18.6. The molecule has 4 heteroatoms. The molecule has 0 aliphatic carbocycles. The van der Waals surface area contributed by atoms with Gasteiger partial charge in [0.2, 0.25) is 0 Å². The summed E-state index contributed by atoms with van der Waals surface area (Å²) >= 11 is 0. The number of hydrogen-bond acceptors (Lipinski definition) is 3. The lowest BCUT2D eigenvalue weighted by Crippen LogP contribution is -2.03. The summed E-state index contributed by atoms with van der Waals surface area (Å²) in [6.07, 6.45) is 14.2. The molecule has 0 aliphatic heterocycles. The lowest BCUT2D eigenvalue weighted by Gasteiger charge is -2.17. The van der Waals surface area contributed by atoms with E-state index in [1.165, 1.54) is 5.39 Å². The first-order valence-electron chi connectivity index (χ1n) is 11.4. The zero-order valence-corrected chi connectivity index (χ0v) is 18.6. The molecule has 34 heavy (non-hydrogen) atoms. The normalized spacial score (nSPS) is 12.7. The maximum absolute atomic E-state index is 5.90. The van der Waals surface area contributed by atoms with Gasteiger partial charge in [0.25, 0.3) is 0 Å². The van der Waals surface area contributed by atoms with Crippen LogP contribution >= 0.6 is 0 Å². The summed E-state index contributed by atoms with van der Waals surface area (Å²) in [6, 6.07) is 22.9. The Kier molecular flexibility index (Phi) is 5.04. The third-order valence-corrected chi connectivity index (χ3v) is 6.34. The molecule has 6 aromatic rings. The van der Waals surface area contributed by atoms with Crippen molar-refractivity contribution in [2.24, 2.45) is 0 Å². The van der Waals surface area contributed by atoms with Gasteiger partial charge < -0.3 is 8.98 Å². The highest BCUT2D eigenvalue weighted by Gasteiger charge is 2.19. The molecule has 4 nitrogen and oxygen atoms in total. The van der Waals surface area contributed by atoms with Gasteiger partial charge in [0.05, 0.1) is 22.7 Å². The van der Waals surface area contributed by atoms with E-state index in [1.54, 1.807) is 12.5 Å². The van der Waals surface area contributed by atoms with Crippen LogP contribution in [0.5, 0.6) is 0 Å². The van der Waals surface area contributed by atoms with Gasteiger partial charge in [-0.2, -0.15) is 0 Å². The molecule has 1 atom stereocenters. The van der Waals surface area contributed by atoms with E-state index in [0.29, 0.717) is 0 Å². The lowest BCUT2D eigenvalue weighted by molar-refractivity contribution is 0.619. The highest BCUT2D eigenvalue weighted by atomic mass is 16.3.